The molecule has 0 aromatic heterocycles. The van der Waals surface area contributed by atoms with Crippen molar-refractivity contribution in [2.45, 2.75) is 58.3 Å². The fourth-order valence-electron chi connectivity index (χ4n) is 2.13. The molecule has 0 heterocycles. The first-order valence-electron chi connectivity index (χ1n) is 7.72. The van der Waals surface area contributed by atoms with Crippen LogP contribution in [0.25, 0.3) is 0 Å². The molecule has 0 saturated carbocycles. The number of nitro benzene ring substituents is 1. The number of non-ortho nitro benzene ring substituents is 1. The Labute approximate surface area is 131 Å². The molecule has 1 rings (SSSR count). The van der Waals surface area contributed by atoms with Crippen molar-refractivity contribution in [1.82, 2.24) is 0 Å². The first-order valence-corrected chi connectivity index (χ1v) is 8.09. The van der Waals surface area contributed by atoms with Crippen LogP contribution in [0.3, 0.4) is 0 Å². The van der Waals surface area contributed by atoms with Crippen LogP contribution < -0.4 is 4.74 Å². The molecular formula is C16H24ClNO3. The van der Waals surface area contributed by atoms with E-state index in [1.807, 2.05) is 0 Å². The van der Waals surface area contributed by atoms with Crippen molar-refractivity contribution >= 4 is 17.3 Å². The topological polar surface area (TPSA) is 52.4 Å². The molecule has 0 aliphatic rings. The van der Waals surface area contributed by atoms with Gasteiger partial charge in [0.2, 0.25) is 0 Å². The Morgan fingerprint density at radius 3 is 2.33 bits per heavy atom. The molecule has 0 aliphatic heterocycles. The van der Waals surface area contributed by atoms with Gasteiger partial charge >= 0.3 is 0 Å². The Bertz CT molecular complexity index is 438. The van der Waals surface area contributed by atoms with Crippen molar-refractivity contribution in [1.29, 1.82) is 0 Å². The predicted octanol–water partition coefficient (Wildman–Crippen LogP) is 5.77. The van der Waals surface area contributed by atoms with Gasteiger partial charge < -0.3 is 4.74 Å². The Morgan fingerprint density at radius 1 is 1.10 bits per heavy atom. The van der Waals surface area contributed by atoms with Crippen molar-refractivity contribution in [2.75, 3.05) is 6.61 Å². The van der Waals surface area contributed by atoms with Crippen LogP contribution >= 0.6 is 11.6 Å². The van der Waals surface area contributed by atoms with Crippen LogP contribution in [0.15, 0.2) is 18.2 Å². The van der Waals surface area contributed by atoms with Crippen molar-refractivity contribution in [3.8, 4) is 5.75 Å². The highest BCUT2D eigenvalue weighted by Crippen LogP contribution is 2.29. The van der Waals surface area contributed by atoms with Crippen LogP contribution in [0.4, 0.5) is 5.69 Å². The number of nitrogens with zero attached hydrogens (tertiary/aromatic N) is 1. The summed E-state index contributed by atoms with van der Waals surface area (Å²) in [6.45, 7) is 2.77. The van der Waals surface area contributed by atoms with E-state index in [9.17, 15) is 10.1 Å². The van der Waals surface area contributed by atoms with Gasteiger partial charge in [-0.2, -0.15) is 0 Å². The summed E-state index contributed by atoms with van der Waals surface area (Å²) in [6, 6.07) is 4.27. The van der Waals surface area contributed by atoms with E-state index in [1.54, 1.807) is 0 Å². The average molecular weight is 314 g/mol. The van der Waals surface area contributed by atoms with Gasteiger partial charge in [-0.05, 0) is 12.5 Å². The maximum atomic E-state index is 10.7. The average Bonchev–Trinajstić information content (AvgIpc) is 2.47. The van der Waals surface area contributed by atoms with E-state index in [2.05, 4.69) is 6.92 Å². The normalized spacial score (nSPS) is 10.6. The van der Waals surface area contributed by atoms with Gasteiger partial charge in [0.1, 0.15) is 5.75 Å². The summed E-state index contributed by atoms with van der Waals surface area (Å²) in [5.41, 5.74) is 0.00493. The van der Waals surface area contributed by atoms with E-state index in [-0.39, 0.29) is 5.69 Å². The third-order valence-corrected chi connectivity index (χ3v) is 3.69. The molecule has 118 valence electrons. The van der Waals surface area contributed by atoms with Crippen LogP contribution in [0.2, 0.25) is 5.02 Å². The molecule has 4 nitrogen and oxygen atoms in total. The number of hydrogen-bond acceptors (Lipinski definition) is 3. The van der Waals surface area contributed by atoms with Crippen molar-refractivity contribution in [3.63, 3.8) is 0 Å². The van der Waals surface area contributed by atoms with Crippen LogP contribution in [-0.4, -0.2) is 11.5 Å². The van der Waals surface area contributed by atoms with Crippen molar-refractivity contribution < 1.29 is 9.66 Å². The lowest BCUT2D eigenvalue weighted by Crippen LogP contribution is -1.99. The van der Waals surface area contributed by atoms with Gasteiger partial charge in [0.15, 0.2) is 0 Å². The van der Waals surface area contributed by atoms with Crippen molar-refractivity contribution in [2.24, 2.45) is 0 Å². The molecule has 1 aromatic rings. The number of halogens is 1. The molecule has 0 aliphatic carbocycles. The minimum absolute atomic E-state index is 0.00493. The zero-order valence-electron chi connectivity index (χ0n) is 12.6. The molecule has 21 heavy (non-hydrogen) atoms. The third-order valence-electron chi connectivity index (χ3n) is 3.38. The Morgan fingerprint density at radius 2 is 1.71 bits per heavy atom. The lowest BCUT2D eigenvalue weighted by molar-refractivity contribution is -0.384. The molecular weight excluding hydrogens is 290 g/mol. The van der Waals surface area contributed by atoms with E-state index in [1.165, 1.54) is 56.7 Å². The monoisotopic (exact) mass is 313 g/mol. The Hall–Kier alpha value is -1.29. The summed E-state index contributed by atoms with van der Waals surface area (Å²) in [7, 11) is 0. The molecule has 0 amide bonds. The molecule has 0 spiro atoms. The highest BCUT2D eigenvalue weighted by Gasteiger charge is 2.10. The lowest BCUT2D eigenvalue weighted by atomic mass is 10.1. The molecule has 0 N–H and O–H groups in total. The second-order valence-electron chi connectivity index (χ2n) is 5.20. The Balaban J connectivity index is 2.18. The summed E-state index contributed by atoms with van der Waals surface area (Å²) in [5.74, 6) is 0.397. The standard InChI is InChI=1S/C16H24ClNO3/c1-2-3-4-5-6-7-8-9-12-21-16-13-14(18(19)20)10-11-15(16)17/h10-11,13H,2-9,12H2,1H3. The number of unbranched alkanes of at least 4 members (excludes halogenated alkanes) is 7. The second-order valence-corrected chi connectivity index (χ2v) is 5.60. The number of rotatable bonds is 11. The van der Waals surface area contributed by atoms with Crippen LogP contribution in [-0.2, 0) is 0 Å². The minimum Gasteiger partial charge on any atom is -0.492 e. The van der Waals surface area contributed by atoms with E-state index in [4.69, 9.17) is 16.3 Å². The fraction of sp³-hybridized carbons (Fsp3) is 0.625. The molecule has 0 atom stereocenters. The van der Waals surface area contributed by atoms with Gasteiger partial charge in [0.05, 0.1) is 22.6 Å². The van der Waals surface area contributed by atoms with Gasteiger partial charge in [-0.25, -0.2) is 0 Å². The SMILES string of the molecule is CCCCCCCCCCOc1cc([N+](=O)[O-])ccc1Cl. The van der Waals surface area contributed by atoms with Gasteiger partial charge in [-0.3, -0.25) is 10.1 Å². The summed E-state index contributed by atoms with van der Waals surface area (Å²) in [5, 5.41) is 11.1. The zero-order chi connectivity index (χ0) is 15.5. The number of ether oxygens (including phenoxy) is 1. The van der Waals surface area contributed by atoms with Crippen LogP contribution in [0, 0.1) is 10.1 Å². The molecule has 0 unspecified atom stereocenters. The third kappa shape index (κ3) is 7.32. The highest BCUT2D eigenvalue weighted by atomic mass is 35.5. The first kappa shape index (κ1) is 17.8. The van der Waals surface area contributed by atoms with E-state index < -0.39 is 4.92 Å². The highest BCUT2D eigenvalue weighted by molar-refractivity contribution is 6.32. The molecule has 0 saturated heterocycles. The second kappa shape index (κ2) is 10.4. The quantitative estimate of drug-likeness (QED) is 0.296. The van der Waals surface area contributed by atoms with Gasteiger partial charge in [0, 0.05) is 6.07 Å². The predicted molar refractivity (Wildman–Crippen MR) is 86.2 cm³/mol. The van der Waals surface area contributed by atoms with E-state index >= 15 is 0 Å². The largest absolute Gasteiger partial charge is 0.492 e. The zero-order valence-corrected chi connectivity index (χ0v) is 13.4. The minimum atomic E-state index is -0.445. The van der Waals surface area contributed by atoms with Gasteiger partial charge in [0.25, 0.3) is 5.69 Å². The van der Waals surface area contributed by atoms with Gasteiger partial charge in [-0.15, -0.1) is 0 Å². The maximum Gasteiger partial charge on any atom is 0.273 e. The lowest BCUT2D eigenvalue weighted by Gasteiger charge is -2.07. The molecule has 1 aromatic carbocycles. The van der Waals surface area contributed by atoms with E-state index in [0.29, 0.717) is 17.4 Å². The number of nitro groups is 1. The first-order chi connectivity index (χ1) is 10.1. The maximum absolute atomic E-state index is 10.7. The summed E-state index contributed by atoms with van der Waals surface area (Å²) in [4.78, 5) is 10.2. The van der Waals surface area contributed by atoms with Crippen molar-refractivity contribution in [3.05, 3.63) is 33.3 Å². The fourth-order valence-corrected chi connectivity index (χ4v) is 2.31. The summed E-state index contributed by atoms with van der Waals surface area (Å²) in [6.07, 6.45) is 9.81. The van der Waals surface area contributed by atoms with E-state index in [0.717, 1.165) is 12.8 Å². The molecule has 5 heteroatoms. The number of benzene rings is 1. The molecule has 0 bridgehead atoms. The smallest absolute Gasteiger partial charge is 0.273 e. The molecule has 0 radical (unpaired) electrons. The van der Waals surface area contributed by atoms with Gasteiger partial charge in [-0.1, -0.05) is 63.5 Å². The Kier molecular flexibility index (Phi) is 8.83. The summed E-state index contributed by atoms with van der Waals surface area (Å²) >= 11 is 5.96. The molecule has 0 fully saturated rings. The summed E-state index contributed by atoms with van der Waals surface area (Å²) < 4.78 is 5.54. The van der Waals surface area contributed by atoms with Crippen LogP contribution in [0.5, 0.6) is 5.75 Å². The van der Waals surface area contributed by atoms with Crippen LogP contribution in [0.1, 0.15) is 58.3 Å². The number of hydrogen-bond donors (Lipinski definition) is 0.